The molecule has 2 aromatic rings. The fourth-order valence-electron chi connectivity index (χ4n) is 7.17. The molecule has 1 spiro atoms. The second-order valence-electron chi connectivity index (χ2n) is 11.7. The molecule has 9 heteroatoms. The van der Waals surface area contributed by atoms with Gasteiger partial charge in [0.2, 0.25) is 17.7 Å². The Morgan fingerprint density at radius 1 is 1.12 bits per heavy atom. The average Bonchev–Trinajstić information content (AvgIpc) is 3.61. The van der Waals surface area contributed by atoms with Crippen LogP contribution in [0, 0.1) is 17.8 Å². The van der Waals surface area contributed by atoms with Crippen LogP contribution in [0.5, 0.6) is 5.75 Å². The van der Waals surface area contributed by atoms with Gasteiger partial charge in [0.25, 0.3) is 0 Å². The predicted octanol–water partition coefficient (Wildman–Crippen LogP) is 4.38. The number of ether oxygens (including phenoxy) is 2. The summed E-state index contributed by atoms with van der Waals surface area (Å²) in [6, 6.07) is 13.7. The molecule has 0 unspecified atom stereocenters. The summed E-state index contributed by atoms with van der Waals surface area (Å²) in [5.74, 6) is -1.40. The minimum atomic E-state index is -1.21. The second-order valence-corrected chi connectivity index (χ2v) is 12.1. The highest BCUT2D eigenvalue weighted by Crippen LogP contribution is 2.55. The first kappa shape index (κ1) is 27.8. The molecule has 3 amide bonds. The molecule has 0 radical (unpaired) electrons. The molecule has 41 heavy (non-hydrogen) atoms. The number of nitrogens with one attached hydrogen (secondary N) is 2. The van der Waals surface area contributed by atoms with Crippen molar-refractivity contribution in [2.24, 2.45) is 17.8 Å². The number of nitrogens with zero attached hydrogens (tertiary/aromatic N) is 1. The summed E-state index contributed by atoms with van der Waals surface area (Å²) in [6.07, 6.45) is 7.75. The molecule has 4 aliphatic rings. The van der Waals surface area contributed by atoms with E-state index in [0.29, 0.717) is 28.8 Å². The van der Waals surface area contributed by atoms with E-state index >= 15 is 0 Å². The molecule has 6 rings (SSSR count). The number of halogens is 1. The van der Waals surface area contributed by atoms with Gasteiger partial charge in [-0.15, -0.1) is 0 Å². The molecular formula is C32H36ClN3O5. The van der Waals surface area contributed by atoms with E-state index in [9.17, 15) is 14.4 Å². The van der Waals surface area contributed by atoms with Crippen LogP contribution >= 0.6 is 11.6 Å². The van der Waals surface area contributed by atoms with Gasteiger partial charge in [0.05, 0.1) is 25.0 Å². The van der Waals surface area contributed by atoms with Crippen molar-refractivity contribution in [3.05, 3.63) is 71.3 Å². The Morgan fingerprint density at radius 2 is 1.93 bits per heavy atom. The molecule has 2 saturated heterocycles. The summed E-state index contributed by atoms with van der Waals surface area (Å²) in [5.41, 5.74) is 0.252. The number of likely N-dealkylation sites (tertiary alicyclic amines) is 1. The van der Waals surface area contributed by atoms with E-state index in [-0.39, 0.29) is 30.3 Å². The molecule has 2 aromatic carbocycles. The van der Waals surface area contributed by atoms with Crippen molar-refractivity contribution in [1.82, 2.24) is 10.2 Å². The second kappa shape index (κ2) is 11.1. The third kappa shape index (κ3) is 4.91. The van der Waals surface area contributed by atoms with Crippen LogP contribution in [-0.4, -0.2) is 60.1 Å². The maximum Gasteiger partial charge on any atom is 0.246 e. The lowest BCUT2D eigenvalue weighted by atomic mass is 9.74. The molecule has 1 saturated carbocycles. The summed E-state index contributed by atoms with van der Waals surface area (Å²) in [7, 11) is 1.56. The fraction of sp³-hybridized carbons (Fsp3) is 0.469. The Morgan fingerprint density at radius 3 is 2.71 bits per heavy atom. The van der Waals surface area contributed by atoms with Gasteiger partial charge in [0.1, 0.15) is 17.4 Å². The number of fused-ring (bicyclic) bond motifs is 1. The van der Waals surface area contributed by atoms with Crippen molar-refractivity contribution in [3.63, 3.8) is 0 Å². The Hall–Kier alpha value is -3.36. The molecule has 8 nitrogen and oxygen atoms in total. The third-order valence-electron chi connectivity index (χ3n) is 9.28. The fourth-order valence-corrected chi connectivity index (χ4v) is 7.40. The summed E-state index contributed by atoms with van der Waals surface area (Å²) in [6.45, 7) is 2.45. The van der Waals surface area contributed by atoms with Gasteiger partial charge in [0, 0.05) is 29.4 Å². The lowest BCUT2D eigenvalue weighted by molar-refractivity contribution is -0.141. The van der Waals surface area contributed by atoms with Crippen molar-refractivity contribution < 1.29 is 23.9 Å². The Kier molecular flexibility index (Phi) is 7.55. The van der Waals surface area contributed by atoms with Crippen LogP contribution in [0.15, 0.2) is 60.7 Å². The minimum Gasteiger partial charge on any atom is -0.497 e. The number of amides is 3. The van der Waals surface area contributed by atoms with Gasteiger partial charge in [-0.3, -0.25) is 14.4 Å². The summed E-state index contributed by atoms with van der Waals surface area (Å²) in [5, 5.41) is 6.83. The number of hydrogen-bond acceptors (Lipinski definition) is 5. The van der Waals surface area contributed by atoms with Gasteiger partial charge >= 0.3 is 0 Å². The lowest BCUT2D eigenvalue weighted by Crippen LogP contribution is -2.57. The number of carbonyl (C=O) groups is 3. The van der Waals surface area contributed by atoms with Crippen LogP contribution in [0.3, 0.4) is 0 Å². The molecule has 216 valence electrons. The Bertz CT molecular complexity index is 1380. The minimum absolute atomic E-state index is 0.0435. The van der Waals surface area contributed by atoms with Crippen LogP contribution in [0.2, 0.25) is 5.02 Å². The number of hydrogen-bond donors (Lipinski definition) is 2. The monoisotopic (exact) mass is 577 g/mol. The highest BCUT2D eigenvalue weighted by molar-refractivity contribution is 6.31. The number of benzene rings is 2. The zero-order valence-electron chi connectivity index (χ0n) is 23.3. The topological polar surface area (TPSA) is 97.0 Å². The highest BCUT2D eigenvalue weighted by Gasteiger charge is 2.72. The number of anilines is 1. The van der Waals surface area contributed by atoms with E-state index < -0.39 is 29.6 Å². The van der Waals surface area contributed by atoms with Crippen LogP contribution in [0.1, 0.15) is 38.2 Å². The molecule has 3 heterocycles. The highest BCUT2D eigenvalue weighted by atomic mass is 35.5. The third-order valence-corrected chi connectivity index (χ3v) is 9.65. The molecular weight excluding hydrogens is 542 g/mol. The molecule has 2 N–H and O–H groups in total. The standard InChI is InChI=1S/C32H36ClN3O5/c1-19-8-3-6-13-24(19)35-30(38)28-32-16-14-25(41-32)26(29(37)34-21-10-7-11-22(18-21)40-2)27(32)31(39)36(28)17-15-20-9-4-5-12-23(20)33/h4-5,7,9-12,14,16,18-19,24-28H,3,6,8,13,15,17H2,1-2H3,(H,34,37)(H,35,38)/t19-,24-,25-,26+,27-,28-,32-/m1/s1. The van der Waals surface area contributed by atoms with E-state index in [1.807, 2.05) is 36.4 Å². The quantitative estimate of drug-likeness (QED) is 0.454. The largest absolute Gasteiger partial charge is 0.497 e. The number of rotatable bonds is 8. The Balaban J connectivity index is 1.30. The van der Waals surface area contributed by atoms with Gasteiger partial charge in [-0.05, 0) is 48.9 Å². The number of methoxy groups -OCH3 is 1. The van der Waals surface area contributed by atoms with E-state index in [1.54, 1.807) is 36.3 Å². The normalized spacial score (nSPS) is 31.7. The maximum absolute atomic E-state index is 14.2. The predicted molar refractivity (Wildman–Crippen MR) is 156 cm³/mol. The van der Waals surface area contributed by atoms with E-state index in [2.05, 4.69) is 17.6 Å². The van der Waals surface area contributed by atoms with Gasteiger partial charge in [-0.25, -0.2) is 0 Å². The van der Waals surface area contributed by atoms with E-state index in [1.165, 1.54) is 0 Å². The molecule has 0 aromatic heterocycles. The van der Waals surface area contributed by atoms with Crippen LogP contribution in [0.25, 0.3) is 0 Å². The van der Waals surface area contributed by atoms with Gasteiger partial charge < -0.3 is 25.0 Å². The molecule has 3 aliphatic heterocycles. The van der Waals surface area contributed by atoms with E-state index in [4.69, 9.17) is 21.1 Å². The summed E-state index contributed by atoms with van der Waals surface area (Å²) < 4.78 is 11.8. The number of carbonyl (C=O) groups excluding carboxylic acids is 3. The van der Waals surface area contributed by atoms with Crippen molar-refractivity contribution in [2.45, 2.75) is 62.8 Å². The van der Waals surface area contributed by atoms with Crippen molar-refractivity contribution in [2.75, 3.05) is 19.0 Å². The van der Waals surface area contributed by atoms with Crippen LogP contribution in [0.4, 0.5) is 5.69 Å². The van der Waals surface area contributed by atoms with E-state index in [0.717, 1.165) is 31.2 Å². The van der Waals surface area contributed by atoms with Crippen LogP contribution in [-0.2, 0) is 25.5 Å². The SMILES string of the molecule is COc1cccc(NC(=O)[C@H]2[C@H]3C=C[C@@]4(O3)[C@H]2C(=O)N(CCc2ccccc2Cl)[C@@H]4C(=O)N[C@@H]2CCCC[C@H]2C)c1. The van der Waals surface area contributed by atoms with Crippen molar-refractivity contribution in [3.8, 4) is 5.75 Å². The van der Waals surface area contributed by atoms with Gasteiger partial charge in [-0.2, -0.15) is 0 Å². The first-order chi connectivity index (χ1) is 19.8. The average molecular weight is 578 g/mol. The summed E-state index contributed by atoms with van der Waals surface area (Å²) >= 11 is 6.43. The van der Waals surface area contributed by atoms with Gasteiger partial charge in [-0.1, -0.05) is 67.8 Å². The molecule has 1 aliphatic carbocycles. The molecule has 3 fully saturated rings. The van der Waals surface area contributed by atoms with Crippen molar-refractivity contribution >= 4 is 35.0 Å². The maximum atomic E-state index is 14.2. The first-order valence-electron chi connectivity index (χ1n) is 14.5. The zero-order chi connectivity index (χ0) is 28.7. The van der Waals surface area contributed by atoms with Crippen molar-refractivity contribution in [1.29, 1.82) is 0 Å². The lowest BCUT2D eigenvalue weighted by Gasteiger charge is -2.36. The van der Waals surface area contributed by atoms with Gasteiger partial charge in [0.15, 0.2) is 0 Å². The summed E-state index contributed by atoms with van der Waals surface area (Å²) in [4.78, 5) is 43.6. The zero-order valence-corrected chi connectivity index (χ0v) is 24.1. The van der Waals surface area contributed by atoms with Crippen LogP contribution < -0.4 is 15.4 Å². The Labute approximate surface area is 245 Å². The molecule has 2 bridgehead atoms. The first-order valence-corrected chi connectivity index (χ1v) is 14.9. The molecule has 7 atom stereocenters. The smallest absolute Gasteiger partial charge is 0.246 e.